The maximum absolute atomic E-state index is 6.25. The van der Waals surface area contributed by atoms with Crippen molar-refractivity contribution in [2.45, 2.75) is 0 Å². The number of nitrogen functional groups attached to an aromatic ring is 1. The SMILES string of the molecule is Cn1c(N)c(-c2ccccc2)c2cc(Br)ccc21. The Morgan fingerprint density at radius 3 is 2.50 bits per heavy atom. The summed E-state index contributed by atoms with van der Waals surface area (Å²) in [5.41, 5.74) is 9.65. The lowest BCUT2D eigenvalue weighted by Gasteiger charge is -2.02. The van der Waals surface area contributed by atoms with Crippen molar-refractivity contribution in [3.8, 4) is 11.1 Å². The minimum absolute atomic E-state index is 0.800. The zero-order chi connectivity index (χ0) is 12.7. The van der Waals surface area contributed by atoms with Gasteiger partial charge in [-0.15, -0.1) is 0 Å². The number of fused-ring (bicyclic) bond motifs is 1. The molecule has 0 amide bonds. The molecule has 0 radical (unpaired) electrons. The number of halogens is 1. The van der Waals surface area contributed by atoms with Crippen LogP contribution in [-0.4, -0.2) is 4.57 Å². The van der Waals surface area contributed by atoms with Crippen LogP contribution in [0.4, 0.5) is 5.82 Å². The van der Waals surface area contributed by atoms with E-state index in [-0.39, 0.29) is 0 Å². The van der Waals surface area contributed by atoms with E-state index < -0.39 is 0 Å². The van der Waals surface area contributed by atoms with Crippen molar-refractivity contribution in [2.24, 2.45) is 7.05 Å². The van der Waals surface area contributed by atoms with Gasteiger partial charge in [-0.05, 0) is 23.8 Å². The third-order valence-corrected chi connectivity index (χ3v) is 3.76. The molecule has 1 aromatic heterocycles. The summed E-state index contributed by atoms with van der Waals surface area (Å²) < 4.78 is 3.10. The van der Waals surface area contributed by atoms with Crippen LogP contribution >= 0.6 is 15.9 Å². The van der Waals surface area contributed by atoms with Gasteiger partial charge in [-0.25, -0.2) is 0 Å². The van der Waals surface area contributed by atoms with Crippen LogP contribution in [0.1, 0.15) is 0 Å². The predicted molar refractivity (Wildman–Crippen MR) is 80.5 cm³/mol. The molecular formula is C15H13BrN2. The van der Waals surface area contributed by atoms with Crippen LogP contribution < -0.4 is 5.73 Å². The van der Waals surface area contributed by atoms with Crippen molar-refractivity contribution in [2.75, 3.05) is 5.73 Å². The summed E-state index contributed by atoms with van der Waals surface area (Å²) in [6.45, 7) is 0. The van der Waals surface area contributed by atoms with Gasteiger partial charge in [0.2, 0.25) is 0 Å². The van der Waals surface area contributed by atoms with E-state index in [1.54, 1.807) is 0 Å². The van der Waals surface area contributed by atoms with Crippen LogP contribution in [0.2, 0.25) is 0 Å². The van der Waals surface area contributed by atoms with E-state index in [0.717, 1.165) is 26.9 Å². The number of hydrogen-bond acceptors (Lipinski definition) is 1. The second kappa shape index (κ2) is 4.18. The molecule has 2 aromatic carbocycles. The van der Waals surface area contributed by atoms with Crippen molar-refractivity contribution in [3.63, 3.8) is 0 Å². The first-order valence-electron chi connectivity index (χ1n) is 5.77. The summed E-state index contributed by atoms with van der Waals surface area (Å²) in [4.78, 5) is 0. The summed E-state index contributed by atoms with van der Waals surface area (Å²) in [6.07, 6.45) is 0. The molecule has 2 N–H and O–H groups in total. The second-order valence-electron chi connectivity index (χ2n) is 4.35. The van der Waals surface area contributed by atoms with Crippen molar-refractivity contribution < 1.29 is 0 Å². The van der Waals surface area contributed by atoms with Crippen molar-refractivity contribution in [1.82, 2.24) is 4.57 Å². The molecule has 0 spiro atoms. The molecule has 1 heterocycles. The summed E-state index contributed by atoms with van der Waals surface area (Å²) >= 11 is 3.52. The Balaban J connectivity index is 2.42. The second-order valence-corrected chi connectivity index (χ2v) is 5.26. The fourth-order valence-electron chi connectivity index (χ4n) is 2.34. The molecule has 0 bridgehead atoms. The van der Waals surface area contributed by atoms with Gasteiger partial charge in [0.1, 0.15) is 5.82 Å². The van der Waals surface area contributed by atoms with Gasteiger partial charge in [0.15, 0.2) is 0 Å². The largest absolute Gasteiger partial charge is 0.385 e. The average Bonchev–Trinajstić information content (AvgIpc) is 2.63. The van der Waals surface area contributed by atoms with Crippen molar-refractivity contribution in [1.29, 1.82) is 0 Å². The number of benzene rings is 2. The zero-order valence-corrected chi connectivity index (χ0v) is 11.6. The molecule has 90 valence electrons. The van der Waals surface area contributed by atoms with Crippen LogP contribution in [0, 0.1) is 0 Å². The smallest absolute Gasteiger partial charge is 0.112 e. The van der Waals surface area contributed by atoms with Gasteiger partial charge in [-0.1, -0.05) is 46.3 Å². The highest BCUT2D eigenvalue weighted by Gasteiger charge is 2.14. The molecule has 0 saturated heterocycles. The van der Waals surface area contributed by atoms with Gasteiger partial charge in [0.25, 0.3) is 0 Å². The first kappa shape index (κ1) is 11.4. The summed E-state index contributed by atoms with van der Waals surface area (Å²) in [7, 11) is 2.00. The summed E-state index contributed by atoms with van der Waals surface area (Å²) in [6, 6.07) is 16.5. The molecule has 0 unspecified atom stereocenters. The lowest BCUT2D eigenvalue weighted by atomic mass is 10.0. The number of nitrogens with two attached hydrogens (primary N) is 1. The normalized spacial score (nSPS) is 11.0. The minimum Gasteiger partial charge on any atom is -0.385 e. The van der Waals surface area contributed by atoms with Crippen molar-refractivity contribution >= 4 is 32.7 Å². The van der Waals surface area contributed by atoms with Gasteiger partial charge in [0, 0.05) is 22.5 Å². The highest BCUT2D eigenvalue weighted by atomic mass is 79.9. The Hall–Kier alpha value is -1.74. The van der Waals surface area contributed by atoms with E-state index >= 15 is 0 Å². The molecule has 18 heavy (non-hydrogen) atoms. The van der Waals surface area contributed by atoms with Gasteiger partial charge < -0.3 is 10.3 Å². The van der Waals surface area contributed by atoms with E-state index in [1.165, 1.54) is 5.39 Å². The number of aromatic nitrogens is 1. The Morgan fingerprint density at radius 2 is 1.78 bits per heavy atom. The fraction of sp³-hybridized carbons (Fsp3) is 0.0667. The van der Waals surface area contributed by atoms with Crippen LogP contribution in [0.15, 0.2) is 53.0 Å². The van der Waals surface area contributed by atoms with E-state index in [2.05, 4.69) is 40.2 Å². The Kier molecular flexibility index (Phi) is 2.63. The standard InChI is InChI=1S/C15H13BrN2/c1-18-13-8-7-11(16)9-12(13)14(15(18)17)10-5-3-2-4-6-10/h2-9H,17H2,1H3. The third-order valence-electron chi connectivity index (χ3n) is 3.27. The topological polar surface area (TPSA) is 30.9 Å². The molecule has 0 aliphatic carbocycles. The van der Waals surface area contributed by atoms with Gasteiger partial charge in [0.05, 0.1) is 5.52 Å². The number of aryl methyl sites for hydroxylation is 1. The molecule has 0 saturated carbocycles. The maximum Gasteiger partial charge on any atom is 0.112 e. The third kappa shape index (κ3) is 1.63. The average molecular weight is 301 g/mol. The highest BCUT2D eigenvalue weighted by molar-refractivity contribution is 9.10. The molecular weight excluding hydrogens is 288 g/mol. The number of nitrogens with zero attached hydrogens (tertiary/aromatic N) is 1. The van der Waals surface area contributed by atoms with Crippen LogP contribution in [0.5, 0.6) is 0 Å². The van der Waals surface area contributed by atoms with Gasteiger partial charge in [-0.3, -0.25) is 0 Å². The Labute approximate surface area is 114 Å². The van der Waals surface area contributed by atoms with Crippen molar-refractivity contribution in [3.05, 3.63) is 53.0 Å². The molecule has 3 rings (SSSR count). The van der Waals surface area contributed by atoms with E-state index in [4.69, 9.17) is 5.73 Å². The lowest BCUT2D eigenvalue weighted by molar-refractivity contribution is 0.983. The van der Waals surface area contributed by atoms with Gasteiger partial charge >= 0.3 is 0 Å². The molecule has 0 atom stereocenters. The summed E-state index contributed by atoms with van der Waals surface area (Å²) in [5, 5.41) is 1.18. The first-order valence-corrected chi connectivity index (χ1v) is 6.56. The molecule has 2 nitrogen and oxygen atoms in total. The molecule has 3 aromatic rings. The zero-order valence-electron chi connectivity index (χ0n) is 10.0. The maximum atomic E-state index is 6.25. The molecule has 0 fully saturated rings. The first-order chi connectivity index (χ1) is 8.68. The van der Waals surface area contributed by atoms with E-state index in [0.29, 0.717) is 0 Å². The van der Waals surface area contributed by atoms with Crippen LogP contribution in [-0.2, 0) is 7.05 Å². The highest BCUT2D eigenvalue weighted by Crippen LogP contribution is 2.37. The van der Waals surface area contributed by atoms with Gasteiger partial charge in [-0.2, -0.15) is 0 Å². The number of hydrogen-bond donors (Lipinski definition) is 1. The Morgan fingerprint density at radius 1 is 1.06 bits per heavy atom. The Bertz CT molecular complexity index is 714. The molecule has 3 heteroatoms. The van der Waals surface area contributed by atoms with Crippen LogP contribution in [0.3, 0.4) is 0 Å². The quantitative estimate of drug-likeness (QED) is 0.718. The number of rotatable bonds is 1. The predicted octanol–water partition coefficient (Wildman–Crippen LogP) is 4.19. The number of anilines is 1. The molecule has 0 aliphatic rings. The molecule has 0 aliphatic heterocycles. The fourth-order valence-corrected chi connectivity index (χ4v) is 2.71. The minimum atomic E-state index is 0.800. The van der Waals surface area contributed by atoms with E-state index in [9.17, 15) is 0 Å². The monoisotopic (exact) mass is 300 g/mol. The summed E-state index contributed by atoms with van der Waals surface area (Å²) in [5.74, 6) is 0.800. The van der Waals surface area contributed by atoms with Crippen LogP contribution in [0.25, 0.3) is 22.0 Å². The van der Waals surface area contributed by atoms with E-state index in [1.807, 2.05) is 35.9 Å². The lowest BCUT2D eigenvalue weighted by Crippen LogP contribution is -1.96.